The van der Waals surface area contributed by atoms with Crippen LogP contribution in [0.2, 0.25) is 0 Å². The van der Waals surface area contributed by atoms with E-state index in [0.29, 0.717) is 10.7 Å². The molecule has 96 valence electrons. The average molecular weight is 323 g/mol. The lowest BCUT2D eigenvalue weighted by molar-refractivity contribution is -0.137. The van der Waals surface area contributed by atoms with Crippen molar-refractivity contribution in [3.63, 3.8) is 0 Å². The van der Waals surface area contributed by atoms with Gasteiger partial charge < -0.3 is 5.43 Å². The summed E-state index contributed by atoms with van der Waals surface area (Å²) >= 11 is 3.13. The monoisotopic (exact) mass is 322 g/mol. The van der Waals surface area contributed by atoms with Gasteiger partial charge in [-0.2, -0.15) is 18.3 Å². The third kappa shape index (κ3) is 2.29. The fourth-order valence-corrected chi connectivity index (χ4v) is 1.71. The quantitative estimate of drug-likeness (QED) is 0.650. The summed E-state index contributed by atoms with van der Waals surface area (Å²) in [6, 6.07) is 0. The molecule has 0 fully saturated rings. The molecule has 10 heteroatoms. The van der Waals surface area contributed by atoms with Crippen LogP contribution in [-0.4, -0.2) is 19.7 Å². The number of alkyl halides is 3. The second-order valence-corrected chi connectivity index (χ2v) is 3.97. The van der Waals surface area contributed by atoms with Gasteiger partial charge in [0.25, 0.3) is 0 Å². The van der Waals surface area contributed by atoms with Crippen LogP contribution in [0.1, 0.15) is 5.56 Å². The third-order valence-corrected chi connectivity index (χ3v) is 2.76. The Morgan fingerprint density at radius 2 is 2.06 bits per heavy atom. The zero-order valence-electron chi connectivity index (χ0n) is 8.61. The van der Waals surface area contributed by atoms with E-state index in [1.165, 1.54) is 0 Å². The van der Waals surface area contributed by atoms with Crippen LogP contribution in [-0.2, 0) is 6.18 Å². The fourth-order valence-electron chi connectivity index (χ4n) is 1.21. The predicted octanol–water partition coefficient (Wildman–Crippen LogP) is 1.73. The number of hydrogen-bond acceptors (Lipinski definition) is 5. The van der Waals surface area contributed by atoms with Gasteiger partial charge in [0.2, 0.25) is 0 Å². The van der Waals surface area contributed by atoms with E-state index in [9.17, 15) is 13.2 Å². The number of nitrogens with two attached hydrogens (primary N) is 1. The standard InChI is InChI=1S/C8H6BrF3N6/c9-5-6(17-13)14-3-15-7(5)18-2-4(1-16-18)8(10,11)12/h1-3H,13H2,(H,14,15,17). The van der Waals surface area contributed by atoms with Crippen molar-refractivity contribution < 1.29 is 13.2 Å². The maximum atomic E-state index is 12.4. The summed E-state index contributed by atoms with van der Waals surface area (Å²) in [6.07, 6.45) is -1.76. The normalized spacial score (nSPS) is 11.6. The molecule has 0 bridgehead atoms. The highest BCUT2D eigenvalue weighted by Gasteiger charge is 2.32. The van der Waals surface area contributed by atoms with Crippen LogP contribution < -0.4 is 11.3 Å². The summed E-state index contributed by atoms with van der Waals surface area (Å²) in [7, 11) is 0. The number of anilines is 1. The van der Waals surface area contributed by atoms with Crippen molar-refractivity contribution in [2.24, 2.45) is 5.84 Å². The first kappa shape index (κ1) is 12.8. The number of nitrogen functional groups attached to an aromatic ring is 1. The smallest absolute Gasteiger partial charge is 0.307 e. The van der Waals surface area contributed by atoms with E-state index in [0.717, 1.165) is 17.2 Å². The van der Waals surface area contributed by atoms with E-state index in [4.69, 9.17) is 5.84 Å². The number of halogens is 4. The van der Waals surface area contributed by atoms with Crippen LogP contribution in [0.4, 0.5) is 19.0 Å². The zero-order chi connectivity index (χ0) is 13.3. The summed E-state index contributed by atoms with van der Waals surface area (Å²) < 4.78 is 38.6. The summed E-state index contributed by atoms with van der Waals surface area (Å²) in [5, 5.41) is 3.60. The van der Waals surface area contributed by atoms with Gasteiger partial charge >= 0.3 is 6.18 Å². The Balaban J connectivity index is 2.47. The molecule has 0 radical (unpaired) electrons. The number of hydrazine groups is 1. The maximum Gasteiger partial charge on any atom is 0.419 e. The minimum atomic E-state index is -4.45. The van der Waals surface area contributed by atoms with Crippen molar-refractivity contribution in [1.82, 2.24) is 19.7 Å². The number of nitrogens with one attached hydrogen (secondary N) is 1. The van der Waals surface area contributed by atoms with Gasteiger partial charge in [-0.05, 0) is 15.9 Å². The van der Waals surface area contributed by atoms with Crippen molar-refractivity contribution in [3.05, 3.63) is 28.8 Å². The van der Waals surface area contributed by atoms with E-state index >= 15 is 0 Å². The number of aromatic nitrogens is 4. The first-order chi connectivity index (χ1) is 8.43. The fraction of sp³-hybridized carbons (Fsp3) is 0.125. The summed E-state index contributed by atoms with van der Waals surface area (Å²) in [5.41, 5.74) is 1.42. The molecule has 0 aliphatic rings. The summed E-state index contributed by atoms with van der Waals surface area (Å²) in [5.74, 6) is 5.58. The summed E-state index contributed by atoms with van der Waals surface area (Å²) in [4.78, 5) is 7.61. The van der Waals surface area contributed by atoms with Crippen molar-refractivity contribution >= 4 is 21.7 Å². The molecule has 3 N–H and O–H groups in total. The highest BCUT2D eigenvalue weighted by atomic mass is 79.9. The molecule has 0 aliphatic heterocycles. The Morgan fingerprint density at radius 3 is 2.61 bits per heavy atom. The number of nitrogens with zero attached hydrogens (tertiary/aromatic N) is 4. The minimum absolute atomic E-state index is 0.147. The molecule has 0 saturated carbocycles. The Bertz CT molecular complexity index is 566. The van der Waals surface area contributed by atoms with Crippen molar-refractivity contribution in [1.29, 1.82) is 0 Å². The molecule has 0 atom stereocenters. The molecule has 0 amide bonds. The second-order valence-electron chi connectivity index (χ2n) is 3.18. The van der Waals surface area contributed by atoms with E-state index < -0.39 is 11.7 Å². The molecule has 18 heavy (non-hydrogen) atoms. The first-order valence-electron chi connectivity index (χ1n) is 4.53. The molecule has 2 aromatic heterocycles. The Kier molecular flexibility index (Phi) is 3.22. The van der Waals surface area contributed by atoms with Crippen LogP contribution in [0.5, 0.6) is 0 Å². The van der Waals surface area contributed by atoms with E-state index in [1.807, 2.05) is 0 Å². The SMILES string of the molecule is NNc1ncnc(-n2cc(C(F)(F)F)cn2)c1Br. The molecular weight excluding hydrogens is 317 g/mol. The molecule has 0 spiro atoms. The van der Waals surface area contributed by atoms with Gasteiger partial charge in [-0.3, -0.25) is 0 Å². The zero-order valence-corrected chi connectivity index (χ0v) is 10.2. The molecule has 2 rings (SSSR count). The highest BCUT2D eigenvalue weighted by Crippen LogP contribution is 2.30. The molecule has 2 heterocycles. The van der Waals surface area contributed by atoms with Gasteiger partial charge in [-0.25, -0.2) is 20.5 Å². The molecule has 2 aromatic rings. The molecule has 0 unspecified atom stereocenters. The topological polar surface area (TPSA) is 81.6 Å². The van der Waals surface area contributed by atoms with Crippen LogP contribution in [0.25, 0.3) is 5.82 Å². The van der Waals surface area contributed by atoms with Gasteiger partial charge in [0.15, 0.2) is 11.6 Å². The van der Waals surface area contributed by atoms with Crippen LogP contribution in [0.15, 0.2) is 23.2 Å². The van der Waals surface area contributed by atoms with Crippen LogP contribution in [0.3, 0.4) is 0 Å². The Labute approximate surface area is 107 Å². The Morgan fingerprint density at radius 1 is 1.33 bits per heavy atom. The minimum Gasteiger partial charge on any atom is -0.307 e. The van der Waals surface area contributed by atoms with Crippen LogP contribution in [0, 0.1) is 0 Å². The van der Waals surface area contributed by atoms with Crippen molar-refractivity contribution in [2.45, 2.75) is 6.18 Å². The molecule has 0 aromatic carbocycles. The highest BCUT2D eigenvalue weighted by molar-refractivity contribution is 9.10. The third-order valence-electron chi connectivity index (χ3n) is 2.03. The van der Waals surface area contributed by atoms with Gasteiger partial charge in [-0.15, -0.1) is 0 Å². The summed E-state index contributed by atoms with van der Waals surface area (Å²) in [6.45, 7) is 0. The lowest BCUT2D eigenvalue weighted by Gasteiger charge is -2.06. The second kappa shape index (κ2) is 4.53. The number of rotatable bonds is 2. The van der Waals surface area contributed by atoms with E-state index in [2.05, 4.69) is 36.4 Å². The lowest BCUT2D eigenvalue weighted by atomic mass is 10.4. The van der Waals surface area contributed by atoms with Gasteiger partial charge in [0.1, 0.15) is 10.8 Å². The predicted molar refractivity (Wildman–Crippen MR) is 59.7 cm³/mol. The van der Waals surface area contributed by atoms with E-state index in [1.54, 1.807) is 0 Å². The lowest BCUT2D eigenvalue weighted by Crippen LogP contribution is -2.11. The molecular formula is C8H6BrF3N6. The van der Waals surface area contributed by atoms with E-state index in [-0.39, 0.29) is 11.6 Å². The molecule has 6 nitrogen and oxygen atoms in total. The maximum absolute atomic E-state index is 12.4. The van der Waals surface area contributed by atoms with Crippen molar-refractivity contribution in [2.75, 3.05) is 5.43 Å². The van der Waals surface area contributed by atoms with Crippen LogP contribution >= 0.6 is 15.9 Å². The van der Waals surface area contributed by atoms with Gasteiger partial charge in [0, 0.05) is 6.20 Å². The van der Waals surface area contributed by atoms with Gasteiger partial charge in [0.05, 0.1) is 11.8 Å². The average Bonchev–Trinajstić information content (AvgIpc) is 2.78. The van der Waals surface area contributed by atoms with Gasteiger partial charge in [-0.1, -0.05) is 0 Å². The number of hydrogen-bond donors (Lipinski definition) is 2. The first-order valence-corrected chi connectivity index (χ1v) is 5.32. The van der Waals surface area contributed by atoms with Crippen molar-refractivity contribution in [3.8, 4) is 5.82 Å². The molecule has 0 aliphatic carbocycles. The molecule has 0 saturated heterocycles. The largest absolute Gasteiger partial charge is 0.419 e. The Hall–Kier alpha value is -1.68.